The minimum Gasteiger partial charge on any atom is -0.376 e. The number of nitrogens with two attached hydrogens (primary N) is 1. The molecule has 6 heteroatoms. The summed E-state index contributed by atoms with van der Waals surface area (Å²) in [6, 6.07) is 4.89. The Morgan fingerprint density at radius 2 is 2.12 bits per heavy atom. The minimum atomic E-state index is -0.844. The number of benzene rings is 1. The number of hydrogen-bond acceptors (Lipinski definition) is 3. The molecule has 0 unspecified atom stereocenters. The minimum absolute atomic E-state index is 0.0115. The molecule has 0 spiro atoms. The highest BCUT2D eigenvalue weighted by molar-refractivity contribution is 9.10. The van der Waals surface area contributed by atoms with Gasteiger partial charge in [-0.3, -0.25) is 10.1 Å². The lowest BCUT2D eigenvalue weighted by molar-refractivity contribution is -0.118. The van der Waals surface area contributed by atoms with Gasteiger partial charge in [0.1, 0.15) is 0 Å². The van der Waals surface area contributed by atoms with Crippen LogP contribution >= 0.6 is 15.9 Å². The molecule has 1 aromatic rings. The molecule has 5 nitrogen and oxygen atoms in total. The van der Waals surface area contributed by atoms with E-state index in [-0.39, 0.29) is 6.54 Å². The molecular weight excluding hydrogens is 286 g/mol. The van der Waals surface area contributed by atoms with Gasteiger partial charge >= 0.3 is 6.03 Å². The van der Waals surface area contributed by atoms with Crippen molar-refractivity contribution in [1.82, 2.24) is 5.32 Å². The van der Waals surface area contributed by atoms with Crippen LogP contribution in [0.15, 0.2) is 22.7 Å². The highest BCUT2D eigenvalue weighted by Gasteiger charge is 2.06. The average Bonchev–Trinajstić information content (AvgIpc) is 2.26. The van der Waals surface area contributed by atoms with E-state index in [1.807, 2.05) is 30.4 Å². The summed E-state index contributed by atoms with van der Waals surface area (Å²) < 4.78 is 0.987. The molecule has 92 valence electrons. The molecule has 0 heterocycles. The summed E-state index contributed by atoms with van der Waals surface area (Å²) in [4.78, 5) is 21.7. The van der Waals surface area contributed by atoms with Gasteiger partial charge in [0.2, 0.25) is 5.91 Å². The Bertz CT molecular complexity index is 435. The van der Waals surface area contributed by atoms with E-state index in [0.717, 1.165) is 22.1 Å². The fourth-order valence-corrected chi connectivity index (χ4v) is 1.79. The first-order valence-electron chi connectivity index (χ1n) is 5.14. The molecule has 4 N–H and O–H groups in total. The predicted molar refractivity (Wildman–Crippen MR) is 69.7 cm³/mol. The number of urea groups is 1. The van der Waals surface area contributed by atoms with Crippen LogP contribution in [0.1, 0.15) is 12.5 Å². The third-order valence-electron chi connectivity index (χ3n) is 2.15. The van der Waals surface area contributed by atoms with Crippen molar-refractivity contribution in [1.29, 1.82) is 0 Å². The second-order valence-corrected chi connectivity index (χ2v) is 4.34. The molecule has 0 atom stereocenters. The van der Waals surface area contributed by atoms with Crippen molar-refractivity contribution >= 4 is 33.6 Å². The molecule has 0 bridgehead atoms. The number of primary amides is 1. The summed E-state index contributed by atoms with van der Waals surface area (Å²) in [6.45, 7) is 2.04. The molecule has 1 rings (SSSR count). The monoisotopic (exact) mass is 299 g/mol. The molecule has 0 radical (unpaired) electrons. The average molecular weight is 300 g/mol. The lowest BCUT2D eigenvalue weighted by Crippen LogP contribution is -2.38. The number of nitrogens with one attached hydrogen (secondary N) is 2. The van der Waals surface area contributed by atoms with E-state index in [9.17, 15) is 9.59 Å². The van der Waals surface area contributed by atoms with Crippen molar-refractivity contribution in [3.63, 3.8) is 0 Å². The highest BCUT2D eigenvalue weighted by Crippen LogP contribution is 2.21. The topological polar surface area (TPSA) is 84.2 Å². The van der Waals surface area contributed by atoms with Gasteiger partial charge in [-0.05, 0) is 30.2 Å². The summed E-state index contributed by atoms with van der Waals surface area (Å²) >= 11 is 3.38. The van der Waals surface area contributed by atoms with Crippen LogP contribution in [-0.4, -0.2) is 18.5 Å². The summed E-state index contributed by atoms with van der Waals surface area (Å²) in [6.07, 6.45) is 0.846. The summed E-state index contributed by atoms with van der Waals surface area (Å²) in [5, 5.41) is 4.95. The van der Waals surface area contributed by atoms with Crippen LogP contribution < -0.4 is 16.4 Å². The zero-order valence-corrected chi connectivity index (χ0v) is 11.0. The predicted octanol–water partition coefficient (Wildman–Crippen LogP) is 1.62. The van der Waals surface area contributed by atoms with Crippen molar-refractivity contribution in [3.8, 4) is 0 Å². The quantitative estimate of drug-likeness (QED) is 0.790. The van der Waals surface area contributed by atoms with Gasteiger partial charge in [-0.15, -0.1) is 0 Å². The van der Waals surface area contributed by atoms with Crippen LogP contribution in [0.4, 0.5) is 10.5 Å². The van der Waals surface area contributed by atoms with Crippen LogP contribution in [0.5, 0.6) is 0 Å². The summed E-state index contributed by atoms with van der Waals surface area (Å²) in [7, 11) is 0. The van der Waals surface area contributed by atoms with Crippen LogP contribution in [0.2, 0.25) is 0 Å². The first-order chi connectivity index (χ1) is 8.02. The standard InChI is InChI=1S/C11H14BrN3O2/c1-2-7-5-8(12)3-4-9(7)14-6-10(16)15-11(13)17/h3-5,14H,2,6H2,1H3,(H3,13,15,16,17). The van der Waals surface area contributed by atoms with Gasteiger partial charge in [0.15, 0.2) is 0 Å². The second-order valence-electron chi connectivity index (χ2n) is 3.42. The fourth-order valence-electron chi connectivity index (χ4n) is 1.38. The van der Waals surface area contributed by atoms with E-state index in [1.54, 1.807) is 0 Å². The molecular formula is C11H14BrN3O2. The molecule has 0 fully saturated rings. The molecule has 1 aromatic carbocycles. The Labute approximate surface area is 108 Å². The number of rotatable bonds is 4. The lowest BCUT2D eigenvalue weighted by atomic mass is 10.1. The Kier molecular flexibility index (Phi) is 4.96. The zero-order valence-electron chi connectivity index (χ0n) is 9.42. The highest BCUT2D eigenvalue weighted by atomic mass is 79.9. The smallest absolute Gasteiger partial charge is 0.318 e. The first-order valence-corrected chi connectivity index (χ1v) is 5.93. The Hall–Kier alpha value is -1.56. The molecule has 0 saturated carbocycles. The van der Waals surface area contributed by atoms with E-state index in [4.69, 9.17) is 5.73 Å². The molecule has 0 saturated heterocycles. The number of anilines is 1. The van der Waals surface area contributed by atoms with Crippen molar-refractivity contribution in [3.05, 3.63) is 28.2 Å². The van der Waals surface area contributed by atoms with Gasteiger partial charge in [0.05, 0.1) is 6.54 Å². The van der Waals surface area contributed by atoms with E-state index >= 15 is 0 Å². The summed E-state index contributed by atoms with van der Waals surface area (Å²) in [5.41, 5.74) is 6.79. The number of imide groups is 1. The third kappa shape index (κ3) is 4.44. The Balaban J connectivity index is 2.63. The van der Waals surface area contributed by atoms with Crippen LogP contribution in [0, 0.1) is 0 Å². The lowest BCUT2D eigenvalue weighted by Gasteiger charge is -2.10. The SMILES string of the molecule is CCc1cc(Br)ccc1NCC(=O)NC(N)=O. The Morgan fingerprint density at radius 3 is 2.71 bits per heavy atom. The molecule has 0 aliphatic heterocycles. The van der Waals surface area contributed by atoms with Gasteiger partial charge in [-0.25, -0.2) is 4.79 Å². The second kappa shape index (κ2) is 6.24. The van der Waals surface area contributed by atoms with Crippen molar-refractivity contribution in [2.45, 2.75) is 13.3 Å². The molecule has 3 amide bonds. The van der Waals surface area contributed by atoms with Gasteiger partial charge < -0.3 is 11.1 Å². The van der Waals surface area contributed by atoms with E-state index in [1.165, 1.54) is 0 Å². The molecule has 0 aliphatic carbocycles. The number of carbonyl (C=O) groups excluding carboxylic acids is 2. The van der Waals surface area contributed by atoms with E-state index in [0.29, 0.717) is 0 Å². The maximum atomic E-state index is 11.2. The van der Waals surface area contributed by atoms with Gasteiger partial charge in [0.25, 0.3) is 0 Å². The van der Waals surface area contributed by atoms with Crippen LogP contribution in [-0.2, 0) is 11.2 Å². The normalized spacial score (nSPS) is 9.76. The van der Waals surface area contributed by atoms with E-state index in [2.05, 4.69) is 21.2 Å². The molecule has 0 aliphatic rings. The van der Waals surface area contributed by atoms with E-state index < -0.39 is 11.9 Å². The Morgan fingerprint density at radius 1 is 1.41 bits per heavy atom. The number of carbonyl (C=O) groups is 2. The maximum absolute atomic E-state index is 11.2. The van der Waals surface area contributed by atoms with Gasteiger partial charge in [-0.1, -0.05) is 22.9 Å². The summed E-state index contributed by atoms with van der Waals surface area (Å²) in [5.74, 6) is -0.456. The van der Waals surface area contributed by atoms with Gasteiger partial charge in [0, 0.05) is 10.2 Å². The van der Waals surface area contributed by atoms with Crippen molar-refractivity contribution < 1.29 is 9.59 Å². The molecule has 0 aromatic heterocycles. The molecule has 17 heavy (non-hydrogen) atoms. The first kappa shape index (κ1) is 13.5. The number of hydrogen-bond donors (Lipinski definition) is 3. The van der Waals surface area contributed by atoms with Crippen molar-refractivity contribution in [2.75, 3.05) is 11.9 Å². The number of aryl methyl sites for hydroxylation is 1. The third-order valence-corrected chi connectivity index (χ3v) is 2.64. The zero-order chi connectivity index (χ0) is 12.8. The number of halogens is 1. The number of amides is 3. The van der Waals surface area contributed by atoms with Crippen molar-refractivity contribution in [2.24, 2.45) is 5.73 Å². The van der Waals surface area contributed by atoms with Crippen LogP contribution in [0.25, 0.3) is 0 Å². The van der Waals surface area contributed by atoms with Crippen LogP contribution in [0.3, 0.4) is 0 Å². The maximum Gasteiger partial charge on any atom is 0.318 e. The van der Waals surface area contributed by atoms with Gasteiger partial charge in [-0.2, -0.15) is 0 Å². The largest absolute Gasteiger partial charge is 0.376 e. The fraction of sp³-hybridized carbons (Fsp3) is 0.273.